The highest BCUT2D eigenvalue weighted by molar-refractivity contribution is 6.36. The van der Waals surface area contributed by atoms with Crippen LogP contribution in [0, 0.1) is 12.8 Å². The van der Waals surface area contributed by atoms with Gasteiger partial charge in [0.15, 0.2) is 11.5 Å². The van der Waals surface area contributed by atoms with Gasteiger partial charge in [-0.2, -0.15) is 0 Å². The number of benzene rings is 2. The molecule has 4 heterocycles. The van der Waals surface area contributed by atoms with E-state index in [1.165, 1.54) is 21.2 Å². The van der Waals surface area contributed by atoms with E-state index in [-0.39, 0.29) is 28.7 Å². The predicted molar refractivity (Wildman–Crippen MR) is 192 cm³/mol. The van der Waals surface area contributed by atoms with E-state index < -0.39 is 23.5 Å². The summed E-state index contributed by atoms with van der Waals surface area (Å²) in [6, 6.07) is 10.8. The van der Waals surface area contributed by atoms with Crippen molar-refractivity contribution in [1.29, 1.82) is 0 Å². The lowest BCUT2D eigenvalue weighted by Crippen LogP contribution is -2.38. The largest absolute Gasteiger partial charge is 0.480 e. The van der Waals surface area contributed by atoms with E-state index in [9.17, 15) is 23.2 Å². The summed E-state index contributed by atoms with van der Waals surface area (Å²) < 4.78 is 40.5. The van der Waals surface area contributed by atoms with Crippen molar-refractivity contribution in [2.45, 2.75) is 39.7 Å². The van der Waals surface area contributed by atoms with Crippen molar-refractivity contribution in [1.82, 2.24) is 34.0 Å². The van der Waals surface area contributed by atoms with E-state index in [1.54, 1.807) is 25.3 Å². The van der Waals surface area contributed by atoms with Crippen LogP contribution in [0.2, 0.25) is 5.02 Å². The Balaban J connectivity index is 1.31. The van der Waals surface area contributed by atoms with Gasteiger partial charge in [-0.3, -0.25) is 28.6 Å². The van der Waals surface area contributed by atoms with Crippen LogP contribution in [-0.2, 0) is 30.2 Å². The second kappa shape index (κ2) is 15.1. The maximum absolute atomic E-state index is 13.9. The molecule has 16 heteroatoms. The number of halogens is 3. The fourth-order valence-electron chi connectivity index (χ4n) is 6.39. The summed E-state index contributed by atoms with van der Waals surface area (Å²) in [5.74, 6) is -0.883. The number of aromatic nitrogens is 6. The van der Waals surface area contributed by atoms with Gasteiger partial charge in [-0.25, -0.2) is 28.5 Å². The number of nitrogens with one attached hydrogen (secondary N) is 1. The van der Waals surface area contributed by atoms with Crippen LogP contribution in [0.1, 0.15) is 43.3 Å². The fraction of sp³-hybridized carbons (Fsp3) is 0.361. The molecular formula is C36H37ClF2N8O5. The van der Waals surface area contributed by atoms with E-state index in [1.807, 2.05) is 31.2 Å². The number of aryl methyl sites for hydroxylation is 1. The summed E-state index contributed by atoms with van der Waals surface area (Å²) in [5, 5.41) is 3.33. The summed E-state index contributed by atoms with van der Waals surface area (Å²) >= 11 is 7.06. The third-order valence-electron chi connectivity index (χ3n) is 9.25. The number of methoxy groups -OCH3 is 1. The zero-order chi connectivity index (χ0) is 37.3. The van der Waals surface area contributed by atoms with Crippen LogP contribution in [0.5, 0.6) is 5.88 Å². The number of likely N-dealkylation sites (tertiary alicyclic amines) is 1. The predicted octanol–water partition coefficient (Wildman–Crippen LogP) is 5.58. The summed E-state index contributed by atoms with van der Waals surface area (Å²) in [4.78, 5) is 57.4. The molecule has 0 amide bonds. The van der Waals surface area contributed by atoms with Gasteiger partial charge in [0.05, 0.1) is 36.5 Å². The molecule has 52 heavy (non-hydrogen) atoms. The van der Waals surface area contributed by atoms with Crippen molar-refractivity contribution >= 4 is 40.1 Å². The number of piperidine rings is 1. The van der Waals surface area contributed by atoms with Gasteiger partial charge in [-0.05, 0) is 57.0 Å². The number of hydrogen-bond acceptors (Lipinski definition) is 11. The highest BCUT2D eigenvalue weighted by atomic mass is 35.5. The Morgan fingerprint density at radius 1 is 1.02 bits per heavy atom. The third kappa shape index (κ3) is 6.97. The van der Waals surface area contributed by atoms with Crippen LogP contribution in [0.25, 0.3) is 33.4 Å². The first-order valence-electron chi connectivity index (χ1n) is 16.6. The van der Waals surface area contributed by atoms with Crippen LogP contribution in [-0.4, -0.2) is 66.7 Å². The first kappa shape index (κ1) is 36.5. The van der Waals surface area contributed by atoms with Gasteiger partial charge in [-0.1, -0.05) is 41.9 Å². The molecule has 0 atom stereocenters. The number of carbonyl (C=O) groups excluding carboxylic acids is 1. The molecule has 0 radical (unpaired) electrons. The van der Waals surface area contributed by atoms with E-state index in [2.05, 4.69) is 20.2 Å². The van der Waals surface area contributed by atoms with E-state index in [0.29, 0.717) is 89.3 Å². The van der Waals surface area contributed by atoms with Crippen LogP contribution in [0.3, 0.4) is 0 Å². The third-order valence-corrected chi connectivity index (χ3v) is 9.66. The first-order chi connectivity index (χ1) is 24.9. The molecule has 5 aromatic rings. The number of nitrogens with zero attached hydrogens (tertiary/aromatic N) is 7. The molecule has 0 saturated carbocycles. The van der Waals surface area contributed by atoms with Crippen molar-refractivity contribution in [2.75, 3.05) is 32.1 Å². The fourth-order valence-corrected chi connectivity index (χ4v) is 6.71. The van der Waals surface area contributed by atoms with Crippen LogP contribution < -0.4 is 21.3 Å². The highest BCUT2D eigenvalue weighted by Gasteiger charge is 2.27. The SMILES string of the molecule is CCOC(=O)C1CCN(Cc2ncc(-c3cccc(-c4cccc(Nc5nc(C(F)F)nc6c5c(=O)n(C)c(=O)n6C)c4C)c3Cl)nc2OC)CC1. The number of rotatable bonds is 10. The van der Waals surface area contributed by atoms with Gasteiger partial charge in [0, 0.05) is 37.5 Å². The topological polar surface area (TPSA) is 146 Å². The Morgan fingerprint density at radius 3 is 2.40 bits per heavy atom. The molecule has 1 saturated heterocycles. The molecular weight excluding hydrogens is 698 g/mol. The Hall–Kier alpha value is -5.28. The van der Waals surface area contributed by atoms with Gasteiger partial charge in [0.1, 0.15) is 16.9 Å². The zero-order valence-electron chi connectivity index (χ0n) is 29.2. The number of ether oxygens (including phenoxy) is 2. The number of carbonyl (C=O) groups is 1. The van der Waals surface area contributed by atoms with Gasteiger partial charge in [-0.15, -0.1) is 0 Å². The second-order valence-corrected chi connectivity index (χ2v) is 12.8. The van der Waals surface area contributed by atoms with Crippen LogP contribution in [0.4, 0.5) is 20.3 Å². The van der Waals surface area contributed by atoms with E-state index >= 15 is 0 Å². The van der Waals surface area contributed by atoms with Crippen molar-refractivity contribution in [2.24, 2.45) is 20.0 Å². The van der Waals surface area contributed by atoms with Crippen LogP contribution >= 0.6 is 11.6 Å². The second-order valence-electron chi connectivity index (χ2n) is 12.4. The zero-order valence-corrected chi connectivity index (χ0v) is 30.0. The highest BCUT2D eigenvalue weighted by Crippen LogP contribution is 2.40. The Labute approximate surface area is 302 Å². The summed E-state index contributed by atoms with van der Waals surface area (Å²) in [7, 11) is 4.18. The average molecular weight is 735 g/mol. The quantitative estimate of drug-likeness (QED) is 0.180. The van der Waals surface area contributed by atoms with Gasteiger partial charge in [0.25, 0.3) is 12.0 Å². The summed E-state index contributed by atoms with van der Waals surface area (Å²) in [6.07, 6.45) is 0.00563. The van der Waals surface area contributed by atoms with Crippen molar-refractivity contribution in [3.8, 4) is 28.3 Å². The van der Waals surface area contributed by atoms with Gasteiger partial charge in [0.2, 0.25) is 5.88 Å². The maximum atomic E-state index is 13.9. The average Bonchev–Trinajstić information content (AvgIpc) is 3.14. The lowest BCUT2D eigenvalue weighted by Gasteiger charge is -2.30. The lowest BCUT2D eigenvalue weighted by atomic mass is 9.96. The number of fused-ring (bicyclic) bond motifs is 1. The van der Waals surface area contributed by atoms with Crippen molar-refractivity contribution in [3.05, 3.63) is 85.5 Å². The molecule has 0 bridgehead atoms. The number of alkyl halides is 2. The molecule has 1 aliphatic rings. The molecule has 3 aromatic heterocycles. The minimum Gasteiger partial charge on any atom is -0.480 e. The maximum Gasteiger partial charge on any atom is 0.332 e. The minimum absolute atomic E-state index is 0.0998. The molecule has 6 rings (SSSR count). The van der Waals surface area contributed by atoms with E-state index in [0.717, 1.165) is 9.13 Å². The lowest BCUT2D eigenvalue weighted by molar-refractivity contribution is -0.149. The Morgan fingerprint density at radius 2 is 1.71 bits per heavy atom. The number of hydrogen-bond donors (Lipinski definition) is 1. The molecule has 0 unspecified atom stereocenters. The summed E-state index contributed by atoms with van der Waals surface area (Å²) in [6.45, 7) is 5.93. The first-order valence-corrected chi connectivity index (χ1v) is 17.0. The van der Waals surface area contributed by atoms with Crippen molar-refractivity contribution in [3.63, 3.8) is 0 Å². The van der Waals surface area contributed by atoms with Gasteiger partial charge >= 0.3 is 11.7 Å². The standard InChI is InChI=1S/C36H37ClF2N8O5/c1-6-52-35(49)20-13-15-47(16-14-20)18-26-33(51-5)42-25(17-40-26)23-11-7-10-22(28(23)37)21-9-8-12-24(19(21)2)41-30-27-32(44-31(43-30)29(38)39)45(3)36(50)46(4)34(27)48/h7-12,17,20,29H,6,13-16,18H2,1-5H3,(H,41,43,44). The number of anilines is 2. The van der Waals surface area contributed by atoms with Crippen LogP contribution in [0.15, 0.2) is 52.2 Å². The van der Waals surface area contributed by atoms with Crippen molar-refractivity contribution < 1.29 is 23.0 Å². The Kier molecular flexibility index (Phi) is 10.6. The van der Waals surface area contributed by atoms with Gasteiger partial charge < -0.3 is 14.8 Å². The molecule has 2 aromatic carbocycles. The molecule has 13 nitrogen and oxygen atoms in total. The molecule has 1 fully saturated rings. The number of esters is 1. The minimum atomic E-state index is -3.05. The Bertz CT molecular complexity index is 2290. The molecule has 1 N–H and O–H groups in total. The summed E-state index contributed by atoms with van der Waals surface area (Å²) in [5.41, 5.74) is 2.63. The monoisotopic (exact) mass is 734 g/mol. The molecule has 0 spiro atoms. The van der Waals surface area contributed by atoms with E-state index in [4.69, 9.17) is 31.0 Å². The normalized spacial score (nSPS) is 13.9. The molecule has 1 aliphatic heterocycles. The molecule has 0 aliphatic carbocycles. The molecule has 272 valence electrons. The smallest absolute Gasteiger partial charge is 0.332 e.